The Bertz CT molecular complexity index is 851. The lowest BCUT2D eigenvalue weighted by Gasteiger charge is -2.08. The molecule has 0 unspecified atom stereocenters. The molecule has 0 bridgehead atoms. The second-order valence-corrected chi connectivity index (χ2v) is 4.67. The monoisotopic (exact) mass is 306 g/mol. The lowest BCUT2D eigenvalue weighted by molar-refractivity contribution is -0.137. The van der Waals surface area contributed by atoms with Crippen LogP contribution in [0.3, 0.4) is 0 Å². The average molecular weight is 306 g/mol. The van der Waals surface area contributed by atoms with E-state index in [1.54, 1.807) is 10.6 Å². The van der Waals surface area contributed by atoms with Gasteiger partial charge in [0, 0.05) is 5.69 Å². The van der Waals surface area contributed by atoms with E-state index in [4.69, 9.17) is 5.11 Å². The van der Waals surface area contributed by atoms with Crippen LogP contribution in [0.5, 0.6) is 0 Å². The minimum atomic E-state index is -4.38. The van der Waals surface area contributed by atoms with Crippen molar-refractivity contribution in [2.45, 2.75) is 6.18 Å². The fourth-order valence-electron chi connectivity index (χ4n) is 2.16. The van der Waals surface area contributed by atoms with E-state index in [1.165, 1.54) is 30.6 Å². The van der Waals surface area contributed by atoms with Gasteiger partial charge in [0.05, 0.1) is 22.2 Å². The van der Waals surface area contributed by atoms with Gasteiger partial charge in [-0.2, -0.15) is 13.2 Å². The molecule has 22 heavy (non-hydrogen) atoms. The first-order valence-corrected chi connectivity index (χ1v) is 6.24. The van der Waals surface area contributed by atoms with Crippen LogP contribution < -0.4 is 0 Å². The number of fused-ring (bicyclic) bond motifs is 1. The zero-order chi connectivity index (χ0) is 15.9. The maximum atomic E-state index is 12.6. The second kappa shape index (κ2) is 4.87. The van der Waals surface area contributed by atoms with Gasteiger partial charge in [-0.25, -0.2) is 9.78 Å². The molecule has 0 fully saturated rings. The number of halogens is 3. The summed E-state index contributed by atoms with van der Waals surface area (Å²) in [6, 6.07) is 9.08. The molecule has 2 aromatic carbocycles. The van der Waals surface area contributed by atoms with Gasteiger partial charge in [0.1, 0.15) is 6.33 Å². The molecule has 0 saturated heterocycles. The summed E-state index contributed by atoms with van der Waals surface area (Å²) in [5.74, 6) is -1.06. The van der Waals surface area contributed by atoms with Gasteiger partial charge in [0.2, 0.25) is 0 Å². The van der Waals surface area contributed by atoms with Gasteiger partial charge in [-0.1, -0.05) is 0 Å². The highest BCUT2D eigenvalue weighted by molar-refractivity contribution is 5.92. The van der Waals surface area contributed by atoms with Gasteiger partial charge in [0.25, 0.3) is 0 Å². The third-order valence-corrected chi connectivity index (χ3v) is 3.27. The first-order valence-electron chi connectivity index (χ1n) is 6.24. The van der Waals surface area contributed by atoms with Crippen LogP contribution in [0.4, 0.5) is 13.2 Å². The van der Waals surface area contributed by atoms with Gasteiger partial charge in [-0.05, 0) is 42.5 Å². The Morgan fingerprint density at radius 3 is 2.36 bits per heavy atom. The van der Waals surface area contributed by atoms with Gasteiger partial charge >= 0.3 is 12.1 Å². The molecule has 0 aliphatic carbocycles. The van der Waals surface area contributed by atoms with E-state index in [9.17, 15) is 18.0 Å². The van der Waals surface area contributed by atoms with Crippen LogP contribution in [0.15, 0.2) is 48.8 Å². The molecular weight excluding hydrogens is 297 g/mol. The first kappa shape index (κ1) is 14.1. The standard InChI is InChI=1S/C15H9F3N2O2/c16-15(17,18)10-2-4-11(5-3-10)20-8-19-12-7-9(14(21)22)1-6-13(12)20/h1-8H,(H,21,22). The Morgan fingerprint density at radius 1 is 1.09 bits per heavy atom. The molecule has 3 rings (SSSR count). The third kappa shape index (κ3) is 2.41. The van der Waals surface area contributed by atoms with Crippen molar-refractivity contribution in [1.82, 2.24) is 9.55 Å². The van der Waals surface area contributed by atoms with Crippen LogP contribution in [-0.4, -0.2) is 20.6 Å². The highest BCUT2D eigenvalue weighted by Crippen LogP contribution is 2.30. The van der Waals surface area contributed by atoms with E-state index < -0.39 is 17.7 Å². The SMILES string of the molecule is O=C(O)c1ccc2c(c1)ncn2-c1ccc(C(F)(F)F)cc1. The van der Waals surface area contributed by atoms with Crippen molar-refractivity contribution in [3.63, 3.8) is 0 Å². The molecule has 1 heterocycles. The number of hydrogen-bond donors (Lipinski definition) is 1. The summed E-state index contributed by atoms with van der Waals surface area (Å²) in [5.41, 5.74) is 0.960. The van der Waals surface area contributed by atoms with Crippen molar-refractivity contribution >= 4 is 17.0 Å². The minimum Gasteiger partial charge on any atom is -0.478 e. The van der Waals surface area contributed by atoms with Crippen LogP contribution in [0, 0.1) is 0 Å². The number of benzene rings is 2. The lowest BCUT2D eigenvalue weighted by atomic mass is 10.2. The summed E-state index contributed by atoms with van der Waals surface area (Å²) in [6.07, 6.45) is -2.94. The summed E-state index contributed by atoms with van der Waals surface area (Å²) in [5, 5.41) is 8.93. The lowest BCUT2D eigenvalue weighted by Crippen LogP contribution is -2.04. The molecule has 0 aliphatic heterocycles. The number of rotatable bonds is 2. The molecule has 0 radical (unpaired) electrons. The highest BCUT2D eigenvalue weighted by atomic mass is 19.4. The van der Waals surface area contributed by atoms with E-state index in [0.717, 1.165) is 12.1 Å². The van der Waals surface area contributed by atoms with Crippen LogP contribution in [0.1, 0.15) is 15.9 Å². The first-order chi connectivity index (χ1) is 10.4. The highest BCUT2D eigenvalue weighted by Gasteiger charge is 2.30. The Morgan fingerprint density at radius 2 is 1.77 bits per heavy atom. The molecule has 1 aromatic heterocycles. The largest absolute Gasteiger partial charge is 0.478 e. The summed E-state index contributed by atoms with van der Waals surface area (Å²) in [4.78, 5) is 15.0. The fourth-order valence-corrected chi connectivity index (χ4v) is 2.16. The Balaban J connectivity index is 2.05. The maximum Gasteiger partial charge on any atom is 0.416 e. The number of imidazole rings is 1. The predicted molar refractivity (Wildman–Crippen MR) is 73.0 cm³/mol. The second-order valence-electron chi connectivity index (χ2n) is 4.67. The van der Waals surface area contributed by atoms with Crippen molar-refractivity contribution in [1.29, 1.82) is 0 Å². The molecule has 3 aromatic rings. The molecule has 0 amide bonds. The number of hydrogen-bond acceptors (Lipinski definition) is 2. The Labute approximate surface area is 122 Å². The van der Waals surface area contributed by atoms with E-state index in [1.807, 2.05) is 0 Å². The predicted octanol–water partition coefficient (Wildman–Crippen LogP) is 3.74. The van der Waals surface area contributed by atoms with Crippen molar-refractivity contribution in [2.24, 2.45) is 0 Å². The van der Waals surface area contributed by atoms with E-state index in [-0.39, 0.29) is 5.56 Å². The van der Waals surface area contributed by atoms with Crippen molar-refractivity contribution in [3.8, 4) is 5.69 Å². The van der Waals surface area contributed by atoms with Crippen molar-refractivity contribution in [2.75, 3.05) is 0 Å². The number of carbonyl (C=O) groups is 1. The third-order valence-electron chi connectivity index (χ3n) is 3.27. The Kier molecular flexibility index (Phi) is 3.13. The van der Waals surface area contributed by atoms with Gasteiger partial charge in [-0.3, -0.25) is 4.57 Å². The maximum absolute atomic E-state index is 12.6. The zero-order valence-electron chi connectivity index (χ0n) is 11.0. The molecule has 0 spiro atoms. The van der Waals surface area contributed by atoms with Gasteiger partial charge < -0.3 is 5.11 Å². The molecule has 0 saturated carbocycles. The molecule has 1 N–H and O–H groups in total. The van der Waals surface area contributed by atoms with E-state index >= 15 is 0 Å². The Hall–Kier alpha value is -2.83. The number of alkyl halides is 3. The summed E-state index contributed by atoms with van der Waals surface area (Å²) in [7, 11) is 0. The molecule has 0 aliphatic rings. The molecule has 7 heteroatoms. The number of carboxylic acid groups (broad SMARTS) is 1. The normalized spacial score (nSPS) is 11.8. The van der Waals surface area contributed by atoms with Crippen LogP contribution in [-0.2, 0) is 6.18 Å². The summed E-state index contributed by atoms with van der Waals surface area (Å²) >= 11 is 0. The molecular formula is C15H9F3N2O2. The molecule has 112 valence electrons. The average Bonchev–Trinajstić information content (AvgIpc) is 2.89. The molecule has 4 nitrogen and oxygen atoms in total. The smallest absolute Gasteiger partial charge is 0.416 e. The van der Waals surface area contributed by atoms with Crippen LogP contribution in [0.25, 0.3) is 16.7 Å². The zero-order valence-corrected chi connectivity index (χ0v) is 11.0. The minimum absolute atomic E-state index is 0.102. The number of nitrogens with zero attached hydrogens (tertiary/aromatic N) is 2. The number of aromatic nitrogens is 2. The summed E-state index contributed by atoms with van der Waals surface area (Å²) in [6.45, 7) is 0. The van der Waals surface area contributed by atoms with Crippen LogP contribution >= 0.6 is 0 Å². The van der Waals surface area contributed by atoms with E-state index in [0.29, 0.717) is 16.7 Å². The van der Waals surface area contributed by atoms with Crippen LogP contribution in [0.2, 0.25) is 0 Å². The van der Waals surface area contributed by atoms with E-state index in [2.05, 4.69) is 4.98 Å². The van der Waals surface area contributed by atoms with Gasteiger partial charge in [0.15, 0.2) is 0 Å². The number of carboxylic acids is 1. The quantitative estimate of drug-likeness (QED) is 0.784. The van der Waals surface area contributed by atoms with Crippen molar-refractivity contribution in [3.05, 3.63) is 59.9 Å². The van der Waals surface area contributed by atoms with Gasteiger partial charge in [-0.15, -0.1) is 0 Å². The molecule has 0 atom stereocenters. The van der Waals surface area contributed by atoms with Crippen molar-refractivity contribution < 1.29 is 23.1 Å². The fraction of sp³-hybridized carbons (Fsp3) is 0.0667. The number of aromatic carboxylic acids is 1. The summed E-state index contributed by atoms with van der Waals surface area (Å²) < 4.78 is 39.3. The topological polar surface area (TPSA) is 55.1 Å².